The molecule has 0 aliphatic rings. The monoisotopic (exact) mass is 250 g/mol. The molecule has 0 aromatic heterocycles. The predicted octanol–water partition coefficient (Wildman–Crippen LogP) is 3.68. The molecule has 0 amide bonds. The highest BCUT2D eigenvalue weighted by molar-refractivity contribution is 5.41. The molecular formula is C14H22N2O2. The molecule has 1 unspecified atom stereocenters. The highest BCUT2D eigenvalue weighted by Crippen LogP contribution is 2.24. The summed E-state index contributed by atoms with van der Waals surface area (Å²) < 4.78 is 0. The topological polar surface area (TPSA) is 55.2 Å². The second-order valence-electron chi connectivity index (χ2n) is 5.03. The van der Waals surface area contributed by atoms with Crippen LogP contribution in [0.25, 0.3) is 0 Å². The van der Waals surface area contributed by atoms with E-state index in [1.165, 1.54) is 6.42 Å². The van der Waals surface area contributed by atoms with Gasteiger partial charge in [0.05, 0.1) is 4.92 Å². The molecule has 0 heterocycles. The van der Waals surface area contributed by atoms with Gasteiger partial charge in [-0.3, -0.25) is 10.1 Å². The molecule has 0 aliphatic carbocycles. The summed E-state index contributed by atoms with van der Waals surface area (Å²) in [6, 6.07) is 6.93. The van der Waals surface area contributed by atoms with Crippen LogP contribution in [0.15, 0.2) is 24.3 Å². The van der Waals surface area contributed by atoms with E-state index < -0.39 is 0 Å². The van der Waals surface area contributed by atoms with Crippen LogP contribution in [0.3, 0.4) is 0 Å². The van der Waals surface area contributed by atoms with E-state index in [1.807, 2.05) is 19.1 Å². The number of nitro groups is 1. The van der Waals surface area contributed by atoms with Crippen molar-refractivity contribution in [2.75, 3.05) is 6.54 Å². The van der Waals surface area contributed by atoms with Crippen LogP contribution in [-0.2, 0) is 0 Å². The molecule has 100 valence electrons. The van der Waals surface area contributed by atoms with Gasteiger partial charge in [0.15, 0.2) is 0 Å². The largest absolute Gasteiger partial charge is 0.310 e. The minimum Gasteiger partial charge on any atom is -0.310 e. The van der Waals surface area contributed by atoms with Gasteiger partial charge in [-0.1, -0.05) is 32.0 Å². The molecule has 0 bridgehead atoms. The second kappa shape index (κ2) is 7.11. The van der Waals surface area contributed by atoms with Crippen molar-refractivity contribution in [2.45, 2.75) is 39.7 Å². The summed E-state index contributed by atoms with van der Waals surface area (Å²) in [5.41, 5.74) is 0.952. The molecule has 4 heteroatoms. The Bertz CT molecular complexity index is 391. The van der Waals surface area contributed by atoms with E-state index in [1.54, 1.807) is 12.1 Å². The highest BCUT2D eigenvalue weighted by Gasteiger charge is 2.17. The van der Waals surface area contributed by atoms with Gasteiger partial charge < -0.3 is 5.32 Å². The van der Waals surface area contributed by atoms with E-state index in [-0.39, 0.29) is 16.7 Å². The summed E-state index contributed by atoms with van der Waals surface area (Å²) in [5.74, 6) is 0.702. The van der Waals surface area contributed by atoms with Crippen LogP contribution < -0.4 is 5.32 Å². The molecule has 4 nitrogen and oxygen atoms in total. The average Bonchev–Trinajstić information content (AvgIpc) is 2.34. The average molecular weight is 250 g/mol. The van der Waals surface area contributed by atoms with E-state index >= 15 is 0 Å². The zero-order valence-electron chi connectivity index (χ0n) is 11.3. The minimum absolute atomic E-state index is 0.0127. The number of hydrogen-bond donors (Lipinski definition) is 1. The lowest BCUT2D eigenvalue weighted by Crippen LogP contribution is -2.21. The maximum absolute atomic E-state index is 10.9. The van der Waals surface area contributed by atoms with Crippen LogP contribution in [0.2, 0.25) is 0 Å². The van der Waals surface area contributed by atoms with Crippen molar-refractivity contribution >= 4 is 5.69 Å². The van der Waals surface area contributed by atoms with Crippen LogP contribution in [0.4, 0.5) is 5.69 Å². The van der Waals surface area contributed by atoms with Gasteiger partial charge in [-0.25, -0.2) is 0 Å². The summed E-state index contributed by atoms with van der Waals surface area (Å²) in [6.07, 6.45) is 2.28. The van der Waals surface area contributed by atoms with Crippen LogP contribution in [0.5, 0.6) is 0 Å². The second-order valence-corrected chi connectivity index (χ2v) is 5.03. The van der Waals surface area contributed by atoms with Crippen molar-refractivity contribution in [3.8, 4) is 0 Å². The van der Waals surface area contributed by atoms with Crippen LogP contribution >= 0.6 is 0 Å². The van der Waals surface area contributed by atoms with Crippen molar-refractivity contribution in [1.29, 1.82) is 0 Å². The van der Waals surface area contributed by atoms with Crippen LogP contribution in [-0.4, -0.2) is 11.5 Å². The van der Waals surface area contributed by atoms with Gasteiger partial charge in [0.1, 0.15) is 0 Å². The lowest BCUT2D eigenvalue weighted by molar-refractivity contribution is -0.385. The Morgan fingerprint density at radius 1 is 1.28 bits per heavy atom. The molecule has 0 radical (unpaired) electrons. The smallest absolute Gasteiger partial charge is 0.274 e. The molecule has 0 fully saturated rings. The molecule has 1 N–H and O–H groups in total. The molecule has 0 spiro atoms. The first kappa shape index (κ1) is 14.6. The Labute approximate surface area is 109 Å². The van der Waals surface area contributed by atoms with Crippen molar-refractivity contribution in [2.24, 2.45) is 5.92 Å². The molecule has 1 rings (SSSR count). The summed E-state index contributed by atoms with van der Waals surface area (Å²) in [7, 11) is 0. The first-order valence-electron chi connectivity index (χ1n) is 6.49. The van der Waals surface area contributed by atoms with Crippen molar-refractivity contribution in [1.82, 2.24) is 5.32 Å². The molecule has 0 aliphatic heterocycles. The predicted molar refractivity (Wildman–Crippen MR) is 73.6 cm³/mol. The summed E-state index contributed by atoms with van der Waals surface area (Å²) >= 11 is 0. The Morgan fingerprint density at radius 3 is 2.56 bits per heavy atom. The standard InChI is InChI=1S/C14H22N2O2/c1-11(2)7-6-10-15-12(3)13-8-4-5-9-14(13)16(17)18/h4-5,8-9,11-12,15H,6-7,10H2,1-3H3. The van der Waals surface area contributed by atoms with Gasteiger partial charge in [0.2, 0.25) is 0 Å². The Morgan fingerprint density at radius 2 is 1.94 bits per heavy atom. The van der Waals surface area contributed by atoms with Gasteiger partial charge in [0.25, 0.3) is 5.69 Å². The number of hydrogen-bond acceptors (Lipinski definition) is 3. The summed E-state index contributed by atoms with van der Waals surface area (Å²) in [5, 5.41) is 14.3. The third-order valence-electron chi connectivity index (χ3n) is 3.01. The van der Waals surface area contributed by atoms with Crippen LogP contribution in [0.1, 0.15) is 45.2 Å². The number of nitrogens with one attached hydrogen (secondary N) is 1. The molecule has 0 saturated carbocycles. The fraction of sp³-hybridized carbons (Fsp3) is 0.571. The van der Waals surface area contributed by atoms with E-state index in [9.17, 15) is 10.1 Å². The van der Waals surface area contributed by atoms with Crippen molar-refractivity contribution < 1.29 is 4.92 Å². The number of para-hydroxylation sites is 1. The fourth-order valence-electron chi connectivity index (χ4n) is 1.96. The number of nitro benzene ring substituents is 1. The SMILES string of the molecule is CC(C)CCCNC(C)c1ccccc1[N+](=O)[O-]. The summed E-state index contributed by atoms with van der Waals surface area (Å²) in [6.45, 7) is 7.26. The first-order valence-corrected chi connectivity index (χ1v) is 6.49. The number of nitrogens with zero attached hydrogens (tertiary/aromatic N) is 1. The molecule has 1 atom stereocenters. The van der Waals surface area contributed by atoms with Gasteiger partial charge in [0, 0.05) is 17.7 Å². The summed E-state index contributed by atoms with van der Waals surface area (Å²) in [4.78, 5) is 10.6. The van der Waals surface area contributed by atoms with Gasteiger partial charge in [-0.05, 0) is 32.2 Å². The van der Waals surface area contributed by atoms with E-state index in [0.717, 1.165) is 18.5 Å². The lowest BCUT2D eigenvalue weighted by Gasteiger charge is -2.14. The van der Waals surface area contributed by atoms with Gasteiger partial charge >= 0.3 is 0 Å². The Kier molecular flexibility index (Phi) is 5.78. The zero-order valence-corrected chi connectivity index (χ0v) is 11.3. The van der Waals surface area contributed by atoms with E-state index in [0.29, 0.717) is 5.92 Å². The van der Waals surface area contributed by atoms with Crippen molar-refractivity contribution in [3.63, 3.8) is 0 Å². The van der Waals surface area contributed by atoms with Gasteiger partial charge in [-0.15, -0.1) is 0 Å². The maximum Gasteiger partial charge on any atom is 0.274 e. The Hall–Kier alpha value is -1.42. The number of benzene rings is 1. The molecule has 18 heavy (non-hydrogen) atoms. The van der Waals surface area contributed by atoms with E-state index in [4.69, 9.17) is 0 Å². The first-order chi connectivity index (χ1) is 8.52. The minimum atomic E-state index is -0.318. The zero-order chi connectivity index (χ0) is 13.5. The third kappa shape index (κ3) is 4.45. The van der Waals surface area contributed by atoms with Crippen LogP contribution in [0, 0.1) is 16.0 Å². The fourth-order valence-corrected chi connectivity index (χ4v) is 1.96. The quantitative estimate of drug-likeness (QED) is 0.456. The molecular weight excluding hydrogens is 228 g/mol. The molecule has 1 aromatic rings. The molecule has 1 aromatic carbocycles. The highest BCUT2D eigenvalue weighted by atomic mass is 16.6. The normalized spacial score (nSPS) is 12.7. The maximum atomic E-state index is 10.9. The van der Waals surface area contributed by atoms with Crippen molar-refractivity contribution in [3.05, 3.63) is 39.9 Å². The molecule has 0 saturated heterocycles. The third-order valence-corrected chi connectivity index (χ3v) is 3.01. The van der Waals surface area contributed by atoms with E-state index in [2.05, 4.69) is 19.2 Å². The number of rotatable bonds is 7. The lowest BCUT2D eigenvalue weighted by atomic mass is 10.1. The Balaban J connectivity index is 2.56. The van der Waals surface area contributed by atoms with Gasteiger partial charge in [-0.2, -0.15) is 0 Å².